The number of hydrogen-bond donors (Lipinski definition) is 0. The first kappa shape index (κ1) is 29.7. The maximum absolute atomic E-state index is 14.5. The van der Waals surface area contributed by atoms with E-state index < -0.39 is 87.7 Å². The Morgan fingerprint density at radius 2 is 0.633 bits per heavy atom. The summed E-state index contributed by atoms with van der Waals surface area (Å²) < 4.78 is 184. The molecule has 0 N–H and O–H groups in total. The van der Waals surface area contributed by atoms with Crippen LogP contribution in [0.3, 0.4) is 0 Å². The summed E-state index contributed by atoms with van der Waals surface area (Å²) >= 11 is -8.80. The van der Waals surface area contributed by atoms with Crippen molar-refractivity contribution in [3.63, 3.8) is 0 Å². The molecule has 0 spiro atoms. The maximum atomic E-state index is 14.5. The molecular formula is C13H15F15OSn. The van der Waals surface area contributed by atoms with E-state index in [0.717, 1.165) is 0 Å². The molecular weight excluding hydrogens is 576 g/mol. The van der Waals surface area contributed by atoms with Crippen molar-refractivity contribution >= 4 is 18.8 Å². The number of halogens is 15. The Morgan fingerprint density at radius 1 is 0.433 bits per heavy atom. The Kier molecular flexibility index (Phi) is 9.20. The summed E-state index contributed by atoms with van der Waals surface area (Å²) in [5, 5.41) is 0. The van der Waals surface area contributed by atoms with Crippen LogP contribution in [-0.2, 0) is 3.07 Å². The van der Waals surface area contributed by atoms with E-state index in [0.29, 0.717) is 0 Å². The zero-order chi connectivity index (χ0) is 24.4. The van der Waals surface area contributed by atoms with Gasteiger partial charge >= 0.3 is 164 Å². The fourth-order valence-corrected chi connectivity index (χ4v) is 13.9. The normalized spacial score (nSPS) is 15.6. The van der Waals surface area contributed by atoms with Crippen LogP contribution in [0.2, 0.25) is 0 Å². The van der Waals surface area contributed by atoms with E-state index in [-0.39, 0.29) is 7.11 Å². The SMILES string of the molecule is C[O][Sn]([C](F)(F)CCC(F)(F)F)([C](F)(F)CCC(F)(F)F)[C](F)(F)CCC(F)(F)F. The van der Waals surface area contributed by atoms with Gasteiger partial charge in [-0.05, 0) is 0 Å². The first-order valence-electron chi connectivity index (χ1n) is 7.82. The summed E-state index contributed by atoms with van der Waals surface area (Å²) in [6.07, 6.45) is -32.3. The Hall–Kier alpha value is -0.291. The molecule has 17 heteroatoms. The van der Waals surface area contributed by atoms with Crippen LogP contribution in [0.4, 0.5) is 65.9 Å². The van der Waals surface area contributed by atoms with E-state index in [1.54, 1.807) is 0 Å². The first-order chi connectivity index (χ1) is 12.9. The van der Waals surface area contributed by atoms with Crippen molar-refractivity contribution in [2.75, 3.05) is 7.11 Å². The molecule has 0 aliphatic rings. The predicted octanol–water partition coefficient (Wildman–Crippen LogP) is 7.13. The Labute approximate surface area is 164 Å². The van der Waals surface area contributed by atoms with Gasteiger partial charge < -0.3 is 0 Å². The van der Waals surface area contributed by atoms with E-state index in [1.165, 1.54) is 0 Å². The van der Waals surface area contributed by atoms with Gasteiger partial charge in [0.1, 0.15) is 0 Å². The standard InChI is InChI=1S/3C4H4F5.CH3O.Sn/c3*5-3(6)1-2-4(7,8)9;1-2;/h3*1-2H2;1H3;/q;;;-1;+1. The molecule has 0 saturated heterocycles. The Balaban J connectivity index is 6.45. The minimum absolute atomic E-state index is 0.194. The van der Waals surface area contributed by atoms with Gasteiger partial charge in [0, 0.05) is 0 Å². The van der Waals surface area contributed by atoms with Crippen molar-refractivity contribution in [1.82, 2.24) is 0 Å². The molecule has 0 radical (unpaired) electrons. The molecule has 0 heterocycles. The van der Waals surface area contributed by atoms with Crippen molar-refractivity contribution in [1.29, 1.82) is 0 Å². The number of hydrogen-bond acceptors (Lipinski definition) is 1. The molecule has 0 aliphatic heterocycles. The molecule has 0 fully saturated rings. The third-order valence-corrected chi connectivity index (χ3v) is 16.7. The second kappa shape index (κ2) is 9.29. The average Bonchev–Trinajstić information content (AvgIpc) is 2.48. The molecule has 0 bridgehead atoms. The van der Waals surface area contributed by atoms with Gasteiger partial charge in [-0.25, -0.2) is 0 Å². The summed E-state index contributed by atoms with van der Waals surface area (Å²) in [7, 11) is -0.194. The van der Waals surface area contributed by atoms with Gasteiger partial charge in [-0.2, -0.15) is 0 Å². The average molecular weight is 591 g/mol. The third kappa shape index (κ3) is 7.69. The molecule has 0 atom stereocenters. The Morgan fingerprint density at radius 3 is 0.767 bits per heavy atom. The molecule has 30 heavy (non-hydrogen) atoms. The molecule has 0 rings (SSSR count). The summed E-state index contributed by atoms with van der Waals surface area (Å²) in [6, 6.07) is 0. The quantitative estimate of drug-likeness (QED) is 0.194. The van der Waals surface area contributed by atoms with Gasteiger partial charge in [0.2, 0.25) is 0 Å². The van der Waals surface area contributed by atoms with Crippen molar-refractivity contribution in [2.24, 2.45) is 0 Å². The fourth-order valence-electron chi connectivity index (χ4n) is 2.67. The summed E-state index contributed by atoms with van der Waals surface area (Å²) in [6.45, 7) is 0. The van der Waals surface area contributed by atoms with E-state index in [2.05, 4.69) is 3.07 Å². The summed E-state index contributed by atoms with van der Waals surface area (Å²) in [5.41, 5.74) is 0. The van der Waals surface area contributed by atoms with Crippen LogP contribution in [0.25, 0.3) is 0 Å². The van der Waals surface area contributed by atoms with Crippen LogP contribution in [0, 0.1) is 0 Å². The van der Waals surface area contributed by atoms with Crippen LogP contribution in [0.15, 0.2) is 0 Å². The van der Waals surface area contributed by atoms with Crippen molar-refractivity contribution in [2.45, 2.75) is 68.9 Å². The zero-order valence-corrected chi connectivity index (χ0v) is 17.7. The molecule has 182 valence electrons. The third-order valence-electron chi connectivity index (χ3n) is 4.02. The van der Waals surface area contributed by atoms with E-state index >= 15 is 0 Å². The van der Waals surface area contributed by atoms with E-state index in [4.69, 9.17) is 0 Å². The Bertz CT molecular complexity index is 474. The van der Waals surface area contributed by atoms with Gasteiger partial charge in [0.25, 0.3) is 0 Å². The fraction of sp³-hybridized carbons (Fsp3) is 1.00. The van der Waals surface area contributed by atoms with Gasteiger partial charge in [-0.3, -0.25) is 0 Å². The van der Waals surface area contributed by atoms with Crippen LogP contribution >= 0.6 is 0 Å². The molecule has 1 nitrogen and oxygen atoms in total. The summed E-state index contributed by atoms with van der Waals surface area (Å²) in [4.78, 5) is 0. The summed E-state index contributed by atoms with van der Waals surface area (Å²) in [5.74, 6) is 0. The van der Waals surface area contributed by atoms with Gasteiger partial charge in [0.15, 0.2) is 0 Å². The van der Waals surface area contributed by atoms with Gasteiger partial charge in [-0.15, -0.1) is 0 Å². The molecule has 0 aromatic rings. The number of rotatable bonds is 10. The van der Waals surface area contributed by atoms with Crippen molar-refractivity contribution in [3.8, 4) is 0 Å². The van der Waals surface area contributed by atoms with Crippen LogP contribution in [0.1, 0.15) is 38.5 Å². The molecule has 0 aliphatic carbocycles. The predicted molar refractivity (Wildman–Crippen MR) is 73.5 cm³/mol. The van der Waals surface area contributed by atoms with E-state index in [9.17, 15) is 65.9 Å². The first-order valence-corrected chi connectivity index (χ1v) is 13.3. The van der Waals surface area contributed by atoms with Crippen LogP contribution in [-0.4, -0.2) is 56.2 Å². The van der Waals surface area contributed by atoms with Crippen molar-refractivity contribution < 1.29 is 68.9 Å². The van der Waals surface area contributed by atoms with Gasteiger partial charge in [-0.1, -0.05) is 0 Å². The number of alkyl halides is 15. The molecule has 0 aromatic carbocycles. The monoisotopic (exact) mass is 592 g/mol. The molecule has 0 unspecified atom stereocenters. The minimum atomic E-state index is -8.80. The topological polar surface area (TPSA) is 9.23 Å². The second-order valence-corrected chi connectivity index (χ2v) is 17.7. The van der Waals surface area contributed by atoms with Crippen LogP contribution in [0.5, 0.6) is 0 Å². The van der Waals surface area contributed by atoms with Crippen molar-refractivity contribution in [3.05, 3.63) is 0 Å². The van der Waals surface area contributed by atoms with Crippen LogP contribution < -0.4 is 0 Å². The van der Waals surface area contributed by atoms with Gasteiger partial charge in [0.05, 0.1) is 0 Å². The molecule has 0 amide bonds. The molecule has 0 aromatic heterocycles. The van der Waals surface area contributed by atoms with E-state index in [1.807, 2.05) is 0 Å². The molecule has 0 saturated carbocycles. The second-order valence-electron chi connectivity index (χ2n) is 6.34. The zero-order valence-electron chi connectivity index (χ0n) is 14.8.